The third-order valence-electron chi connectivity index (χ3n) is 4.47. The first-order valence-electron chi connectivity index (χ1n) is 7.94. The van der Waals surface area contributed by atoms with Crippen LogP contribution in [-0.4, -0.2) is 48.0 Å². The summed E-state index contributed by atoms with van der Waals surface area (Å²) >= 11 is 0. The highest BCUT2D eigenvalue weighted by Gasteiger charge is 2.33. The highest BCUT2D eigenvalue weighted by atomic mass is 16.3. The lowest BCUT2D eigenvalue weighted by atomic mass is 9.92. The minimum Gasteiger partial charge on any atom is -0.396 e. The SMILES string of the molecule is CNC(=O)C[C@@H]1C[C@H](O)[C@@H](CCC(CO)c2ccccc2)N1. The highest BCUT2D eigenvalue weighted by Crippen LogP contribution is 2.25. The Labute approximate surface area is 131 Å². The average molecular weight is 306 g/mol. The Morgan fingerprint density at radius 2 is 2.14 bits per heavy atom. The van der Waals surface area contributed by atoms with Crippen molar-refractivity contribution in [1.82, 2.24) is 10.6 Å². The molecular formula is C17H26N2O3. The smallest absolute Gasteiger partial charge is 0.221 e. The molecule has 1 amide bonds. The van der Waals surface area contributed by atoms with Gasteiger partial charge < -0.3 is 20.8 Å². The van der Waals surface area contributed by atoms with Gasteiger partial charge in [-0.3, -0.25) is 4.79 Å². The molecule has 0 radical (unpaired) electrons. The maximum atomic E-state index is 11.4. The zero-order valence-corrected chi connectivity index (χ0v) is 13.0. The van der Waals surface area contributed by atoms with Crippen LogP contribution >= 0.6 is 0 Å². The van der Waals surface area contributed by atoms with Crippen molar-refractivity contribution in [1.29, 1.82) is 0 Å². The van der Waals surface area contributed by atoms with E-state index in [-0.39, 0.29) is 30.5 Å². The number of rotatable bonds is 7. The quantitative estimate of drug-likeness (QED) is 0.600. The summed E-state index contributed by atoms with van der Waals surface area (Å²) in [7, 11) is 1.62. The van der Waals surface area contributed by atoms with Gasteiger partial charge in [0.15, 0.2) is 0 Å². The second kappa shape index (κ2) is 8.27. The molecule has 122 valence electrons. The molecule has 4 N–H and O–H groups in total. The minimum absolute atomic E-state index is 0.00702. The Balaban J connectivity index is 1.84. The van der Waals surface area contributed by atoms with Crippen molar-refractivity contribution >= 4 is 5.91 Å². The molecule has 0 saturated carbocycles. The van der Waals surface area contributed by atoms with Gasteiger partial charge in [0.05, 0.1) is 6.10 Å². The molecule has 5 heteroatoms. The summed E-state index contributed by atoms with van der Waals surface area (Å²) < 4.78 is 0. The van der Waals surface area contributed by atoms with Gasteiger partial charge in [-0.05, 0) is 24.8 Å². The molecule has 1 unspecified atom stereocenters. The molecule has 0 bridgehead atoms. The lowest BCUT2D eigenvalue weighted by Crippen LogP contribution is -2.36. The number of aliphatic hydroxyl groups is 2. The van der Waals surface area contributed by atoms with Crippen LogP contribution in [0.1, 0.15) is 37.2 Å². The zero-order chi connectivity index (χ0) is 15.9. The van der Waals surface area contributed by atoms with Crippen LogP contribution in [0.15, 0.2) is 30.3 Å². The largest absolute Gasteiger partial charge is 0.396 e. The van der Waals surface area contributed by atoms with Crippen LogP contribution in [0.4, 0.5) is 0 Å². The average Bonchev–Trinajstić information content (AvgIpc) is 2.88. The number of carbonyl (C=O) groups is 1. The summed E-state index contributed by atoms with van der Waals surface area (Å²) in [4.78, 5) is 11.4. The molecule has 1 aliphatic heterocycles. The van der Waals surface area contributed by atoms with Gasteiger partial charge in [-0.15, -0.1) is 0 Å². The van der Waals surface area contributed by atoms with Crippen LogP contribution in [0.2, 0.25) is 0 Å². The Morgan fingerprint density at radius 3 is 2.77 bits per heavy atom. The maximum absolute atomic E-state index is 11.4. The van der Waals surface area contributed by atoms with Gasteiger partial charge in [0.25, 0.3) is 0 Å². The fraction of sp³-hybridized carbons (Fsp3) is 0.588. The fourth-order valence-electron chi connectivity index (χ4n) is 3.15. The van der Waals surface area contributed by atoms with Crippen LogP contribution in [0.25, 0.3) is 0 Å². The lowest BCUT2D eigenvalue weighted by molar-refractivity contribution is -0.121. The number of amides is 1. The van der Waals surface area contributed by atoms with Crippen LogP contribution in [0.3, 0.4) is 0 Å². The van der Waals surface area contributed by atoms with Crippen molar-refractivity contribution in [2.75, 3.05) is 13.7 Å². The van der Waals surface area contributed by atoms with E-state index in [1.807, 2.05) is 30.3 Å². The number of hydrogen-bond acceptors (Lipinski definition) is 4. The van der Waals surface area contributed by atoms with E-state index in [1.165, 1.54) is 0 Å². The van der Waals surface area contributed by atoms with E-state index in [4.69, 9.17) is 0 Å². The molecule has 5 nitrogen and oxygen atoms in total. The first-order chi connectivity index (χ1) is 10.6. The Kier molecular flexibility index (Phi) is 6.36. The number of nitrogens with one attached hydrogen (secondary N) is 2. The van der Waals surface area contributed by atoms with Crippen LogP contribution in [-0.2, 0) is 4.79 Å². The summed E-state index contributed by atoms with van der Waals surface area (Å²) in [5, 5.41) is 25.7. The Morgan fingerprint density at radius 1 is 1.41 bits per heavy atom. The summed E-state index contributed by atoms with van der Waals surface area (Å²) in [6.07, 6.45) is 2.16. The molecule has 1 saturated heterocycles. The van der Waals surface area contributed by atoms with E-state index in [9.17, 15) is 15.0 Å². The van der Waals surface area contributed by atoms with E-state index in [1.54, 1.807) is 7.05 Å². The standard InChI is InChI=1S/C17H26N2O3/c1-18-17(22)10-14-9-16(21)15(19-14)8-7-13(11-20)12-5-3-2-4-6-12/h2-6,13-16,19-21H,7-11H2,1H3,(H,18,22)/t13?,14-,15+,16-/m0/s1. The van der Waals surface area contributed by atoms with Crippen molar-refractivity contribution < 1.29 is 15.0 Å². The van der Waals surface area contributed by atoms with Crippen LogP contribution in [0.5, 0.6) is 0 Å². The topological polar surface area (TPSA) is 81.6 Å². The van der Waals surface area contributed by atoms with Crippen molar-refractivity contribution in [3.8, 4) is 0 Å². The predicted molar refractivity (Wildman–Crippen MR) is 85.5 cm³/mol. The molecule has 1 fully saturated rings. The van der Waals surface area contributed by atoms with Gasteiger partial charge in [0.2, 0.25) is 5.91 Å². The second-order valence-electron chi connectivity index (χ2n) is 6.02. The van der Waals surface area contributed by atoms with Crippen molar-refractivity contribution in [2.45, 2.75) is 49.8 Å². The minimum atomic E-state index is -0.426. The number of hydrogen-bond donors (Lipinski definition) is 4. The van der Waals surface area contributed by atoms with E-state index < -0.39 is 6.10 Å². The van der Waals surface area contributed by atoms with E-state index in [2.05, 4.69) is 10.6 Å². The molecule has 2 rings (SSSR count). The summed E-state index contributed by atoms with van der Waals surface area (Å²) in [5.41, 5.74) is 1.12. The van der Waals surface area contributed by atoms with Crippen LogP contribution < -0.4 is 10.6 Å². The van der Waals surface area contributed by atoms with E-state index >= 15 is 0 Å². The monoisotopic (exact) mass is 306 g/mol. The fourth-order valence-corrected chi connectivity index (χ4v) is 3.15. The molecule has 4 atom stereocenters. The molecule has 1 aromatic carbocycles. The van der Waals surface area contributed by atoms with E-state index in [0.717, 1.165) is 18.4 Å². The van der Waals surface area contributed by atoms with Gasteiger partial charge in [-0.25, -0.2) is 0 Å². The van der Waals surface area contributed by atoms with E-state index in [0.29, 0.717) is 12.8 Å². The van der Waals surface area contributed by atoms with Crippen molar-refractivity contribution in [2.24, 2.45) is 0 Å². The predicted octanol–water partition coefficient (Wildman–Crippen LogP) is 0.770. The third-order valence-corrected chi connectivity index (χ3v) is 4.47. The molecule has 0 spiro atoms. The normalized spacial score (nSPS) is 25.9. The first-order valence-corrected chi connectivity index (χ1v) is 7.94. The molecule has 1 aromatic rings. The van der Waals surface area contributed by atoms with Crippen LogP contribution in [0, 0.1) is 0 Å². The molecule has 0 aromatic heterocycles. The zero-order valence-electron chi connectivity index (χ0n) is 13.0. The van der Waals surface area contributed by atoms with Gasteiger partial charge >= 0.3 is 0 Å². The number of benzene rings is 1. The molecule has 22 heavy (non-hydrogen) atoms. The Hall–Kier alpha value is -1.43. The summed E-state index contributed by atoms with van der Waals surface area (Å²) in [6, 6.07) is 9.97. The third kappa shape index (κ3) is 4.53. The summed E-state index contributed by atoms with van der Waals surface area (Å²) in [5.74, 6) is 0.0797. The number of carbonyl (C=O) groups excluding carboxylic acids is 1. The van der Waals surface area contributed by atoms with Crippen molar-refractivity contribution in [3.05, 3.63) is 35.9 Å². The first kappa shape index (κ1) is 16.9. The maximum Gasteiger partial charge on any atom is 0.221 e. The lowest BCUT2D eigenvalue weighted by Gasteiger charge is -2.20. The van der Waals surface area contributed by atoms with Gasteiger partial charge in [-0.1, -0.05) is 30.3 Å². The van der Waals surface area contributed by atoms with Gasteiger partial charge in [-0.2, -0.15) is 0 Å². The van der Waals surface area contributed by atoms with Crippen molar-refractivity contribution in [3.63, 3.8) is 0 Å². The molecule has 1 aliphatic rings. The summed E-state index contributed by atoms with van der Waals surface area (Å²) in [6.45, 7) is 0.106. The Bertz CT molecular complexity index is 466. The second-order valence-corrected chi connectivity index (χ2v) is 6.02. The van der Waals surface area contributed by atoms with Gasteiger partial charge in [0, 0.05) is 38.1 Å². The highest BCUT2D eigenvalue weighted by molar-refractivity contribution is 5.76. The van der Waals surface area contributed by atoms with Gasteiger partial charge in [0.1, 0.15) is 0 Å². The molecule has 0 aliphatic carbocycles. The molecular weight excluding hydrogens is 280 g/mol. The number of aliphatic hydroxyl groups excluding tert-OH is 2. The molecule has 1 heterocycles.